The molecule has 0 nitrogen and oxygen atoms in total. The first kappa shape index (κ1) is 17.1. The van der Waals surface area contributed by atoms with Gasteiger partial charge in [0.25, 0.3) is 0 Å². The van der Waals surface area contributed by atoms with Crippen LogP contribution in [0.4, 0.5) is 0 Å². The summed E-state index contributed by atoms with van der Waals surface area (Å²) in [5.41, 5.74) is 6.66. The molecular formula is C20H36Si. The van der Waals surface area contributed by atoms with E-state index in [1.165, 1.54) is 32.1 Å². The average molecular weight is 305 g/mol. The second-order valence-corrected chi connectivity index (χ2v) is 14.4. The second-order valence-electron chi connectivity index (χ2n) is 8.78. The standard InChI is InChI=1S/C20H36Si/c1-15(2)21(16(3)4,17(5)6)14-13-20(7)18-11-9-8-10-12-19(18)20/h15-19H,8-12H2,1-7H3/t18-,19+,20?. The highest BCUT2D eigenvalue weighted by molar-refractivity contribution is 6.90. The fourth-order valence-corrected chi connectivity index (χ4v) is 10.8. The number of hydrogen-bond acceptors (Lipinski definition) is 0. The summed E-state index contributed by atoms with van der Waals surface area (Å²) in [6, 6.07) is 0. The Morgan fingerprint density at radius 2 is 1.24 bits per heavy atom. The van der Waals surface area contributed by atoms with Crippen molar-refractivity contribution in [3.05, 3.63) is 0 Å². The van der Waals surface area contributed by atoms with Crippen LogP contribution in [0, 0.1) is 28.7 Å². The zero-order valence-corrected chi connectivity index (χ0v) is 16.4. The molecule has 2 saturated carbocycles. The predicted molar refractivity (Wildman–Crippen MR) is 97.0 cm³/mol. The van der Waals surface area contributed by atoms with Gasteiger partial charge >= 0.3 is 0 Å². The van der Waals surface area contributed by atoms with Crippen LogP contribution < -0.4 is 0 Å². The van der Waals surface area contributed by atoms with Gasteiger partial charge in [-0.25, -0.2) is 0 Å². The molecule has 0 spiro atoms. The number of fused-ring (bicyclic) bond motifs is 1. The minimum absolute atomic E-state index is 0.372. The molecule has 0 aliphatic heterocycles. The Labute approximate surface area is 134 Å². The lowest BCUT2D eigenvalue weighted by Crippen LogP contribution is -2.43. The van der Waals surface area contributed by atoms with E-state index in [0.717, 1.165) is 28.5 Å². The second kappa shape index (κ2) is 6.11. The maximum atomic E-state index is 4.00. The van der Waals surface area contributed by atoms with E-state index >= 15 is 0 Å². The Hall–Kier alpha value is -0.223. The van der Waals surface area contributed by atoms with Crippen LogP contribution in [0.2, 0.25) is 16.6 Å². The molecule has 0 bridgehead atoms. The molecule has 0 radical (unpaired) electrons. The van der Waals surface area contributed by atoms with Gasteiger partial charge < -0.3 is 0 Å². The average Bonchev–Trinajstić information content (AvgIpc) is 3.01. The highest BCUT2D eigenvalue weighted by atomic mass is 28.3. The highest BCUT2D eigenvalue weighted by Crippen LogP contribution is 2.64. The third-order valence-corrected chi connectivity index (χ3v) is 13.2. The largest absolute Gasteiger partial charge is 0.145 e. The van der Waals surface area contributed by atoms with E-state index in [-0.39, 0.29) is 0 Å². The molecule has 0 aromatic carbocycles. The van der Waals surface area contributed by atoms with Gasteiger partial charge in [-0.15, -0.1) is 11.5 Å². The molecule has 0 saturated heterocycles. The van der Waals surface area contributed by atoms with Crippen LogP contribution in [-0.4, -0.2) is 8.07 Å². The van der Waals surface area contributed by atoms with Gasteiger partial charge in [0.15, 0.2) is 0 Å². The van der Waals surface area contributed by atoms with Gasteiger partial charge in [0.1, 0.15) is 8.07 Å². The van der Waals surface area contributed by atoms with E-state index in [1.54, 1.807) is 0 Å². The molecule has 1 unspecified atom stereocenters. The van der Waals surface area contributed by atoms with E-state index in [4.69, 9.17) is 0 Å². The molecule has 120 valence electrons. The molecule has 2 fully saturated rings. The van der Waals surface area contributed by atoms with Crippen LogP contribution in [0.5, 0.6) is 0 Å². The van der Waals surface area contributed by atoms with E-state index < -0.39 is 8.07 Å². The van der Waals surface area contributed by atoms with Crippen molar-refractivity contribution >= 4 is 8.07 Å². The first-order chi connectivity index (χ1) is 9.76. The Kier molecular flexibility index (Phi) is 4.99. The summed E-state index contributed by atoms with van der Waals surface area (Å²) in [5, 5.41) is 0. The van der Waals surface area contributed by atoms with Crippen LogP contribution in [0.3, 0.4) is 0 Å². The van der Waals surface area contributed by atoms with Gasteiger partial charge in [0, 0.05) is 5.41 Å². The van der Waals surface area contributed by atoms with E-state index in [2.05, 4.69) is 59.9 Å². The summed E-state index contributed by atoms with van der Waals surface area (Å²) in [7, 11) is -1.54. The first-order valence-electron chi connectivity index (χ1n) is 9.31. The predicted octanol–water partition coefficient (Wildman–Crippen LogP) is 6.42. The molecule has 0 amide bonds. The molecule has 3 atom stereocenters. The zero-order valence-electron chi connectivity index (χ0n) is 15.4. The Bertz CT molecular complexity index is 387. The van der Waals surface area contributed by atoms with Crippen molar-refractivity contribution in [3.63, 3.8) is 0 Å². The van der Waals surface area contributed by atoms with Crippen molar-refractivity contribution in [1.29, 1.82) is 0 Å². The summed E-state index contributed by atoms with van der Waals surface area (Å²) < 4.78 is 0. The van der Waals surface area contributed by atoms with Gasteiger partial charge in [-0.05, 0) is 48.2 Å². The molecular weight excluding hydrogens is 268 g/mol. The van der Waals surface area contributed by atoms with Crippen molar-refractivity contribution in [1.82, 2.24) is 0 Å². The zero-order chi connectivity index (χ0) is 15.8. The smallest absolute Gasteiger partial charge is 0.130 e. The summed E-state index contributed by atoms with van der Waals surface area (Å²) in [5.74, 6) is 5.74. The molecule has 1 heteroatoms. The first-order valence-corrected chi connectivity index (χ1v) is 11.5. The molecule has 21 heavy (non-hydrogen) atoms. The van der Waals surface area contributed by atoms with Crippen LogP contribution in [0.1, 0.15) is 80.6 Å². The third kappa shape index (κ3) is 2.86. The van der Waals surface area contributed by atoms with Crippen molar-refractivity contribution in [2.24, 2.45) is 17.3 Å². The van der Waals surface area contributed by atoms with Crippen LogP contribution in [0.25, 0.3) is 0 Å². The highest BCUT2D eigenvalue weighted by Gasteiger charge is 2.59. The van der Waals surface area contributed by atoms with E-state index in [0.29, 0.717) is 5.41 Å². The van der Waals surface area contributed by atoms with E-state index in [1.807, 2.05) is 0 Å². The topological polar surface area (TPSA) is 0 Å². The minimum atomic E-state index is -1.54. The van der Waals surface area contributed by atoms with E-state index in [9.17, 15) is 0 Å². The molecule has 0 N–H and O–H groups in total. The number of rotatable bonds is 3. The van der Waals surface area contributed by atoms with Gasteiger partial charge in [-0.3, -0.25) is 0 Å². The van der Waals surface area contributed by atoms with Crippen LogP contribution in [0.15, 0.2) is 0 Å². The summed E-state index contributed by atoms with van der Waals surface area (Å²) >= 11 is 0. The Morgan fingerprint density at radius 3 is 1.62 bits per heavy atom. The van der Waals surface area contributed by atoms with Crippen molar-refractivity contribution in [2.75, 3.05) is 0 Å². The summed E-state index contributed by atoms with van der Waals surface area (Å²) in [6.07, 6.45) is 7.23. The SMILES string of the molecule is CC(C)[Si](C#CC1(C)[C@@H]2CCCCC[C@@H]21)(C(C)C)C(C)C. The molecule has 0 aromatic rings. The lowest BCUT2D eigenvalue weighted by Gasteiger charge is -2.38. The van der Waals surface area contributed by atoms with Gasteiger partial charge in [0.05, 0.1) is 0 Å². The van der Waals surface area contributed by atoms with Gasteiger partial charge in [-0.2, -0.15) is 0 Å². The summed E-state index contributed by atoms with van der Waals surface area (Å²) in [6.45, 7) is 17.0. The Balaban J connectivity index is 2.27. The van der Waals surface area contributed by atoms with Gasteiger partial charge in [0.2, 0.25) is 0 Å². The maximum Gasteiger partial charge on any atom is 0.145 e. The lowest BCUT2D eigenvalue weighted by atomic mass is 10.00. The maximum absolute atomic E-state index is 4.00. The fraction of sp³-hybridized carbons (Fsp3) is 0.900. The lowest BCUT2D eigenvalue weighted by molar-refractivity contribution is 0.529. The molecule has 2 aliphatic carbocycles. The third-order valence-electron chi connectivity index (χ3n) is 6.86. The number of hydrogen-bond donors (Lipinski definition) is 0. The van der Waals surface area contributed by atoms with Crippen LogP contribution in [-0.2, 0) is 0 Å². The van der Waals surface area contributed by atoms with Gasteiger partial charge in [-0.1, -0.05) is 60.8 Å². The molecule has 0 heterocycles. The normalized spacial score (nSPS) is 32.7. The summed E-state index contributed by atoms with van der Waals surface area (Å²) in [4.78, 5) is 0. The minimum Gasteiger partial charge on any atom is -0.130 e. The molecule has 0 aromatic heterocycles. The van der Waals surface area contributed by atoms with Crippen molar-refractivity contribution in [3.8, 4) is 11.5 Å². The monoisotopic (exact) mass is 304 g/mol. The molecule has 2 rings (SSSR count). The Morgan fingerprint density at radius 1 is 0.810 bits per heavy atom. The fourth-order valence-electron chi connectivity index (χ4n) is 5.47. The van der Waals surface area contributed by atoms with Crippen LogP contribution >= 0.6 is 0 Å². The quantitative estimate of drug-likeness (QED) is 0.416. The van der Waals surface area contributed by atoms with Crippen molar-refractivity contribution in [2.45, 2.75) is 97.2 Å². The molecule has 2 aliphatic rings. The van der Waals surface area contributed by atoms with Crippen molar-refractivity contribution < 1.29 is 0 Å².